The molecule has 7 heteroatoms. The first-order valence-electron chi connectivity index (χ1n) is 5.49. The van der Waals surface area contributed by atoms with Crippen LogP contribution >= 0.6 is 0 Å². The molecule has 0 saturated heterocycles. The minimum Gasteiger partial charge on any atom is -0.399 e. The van der Waals surface area contributed by atoms with Crippen molar-refractivity contribution in [1.82, 2.24) is 0 Å². The molecule has 1 aromatic rings. The van der Waals surface area contributed by atoms with Crippen LogP contribution in [0.15, 0.2) is 23.1 Å². The van der Waals surface area contributed by atoms with Crippen molar-refractivity contribution in [2.24, 2.45) is 0 Å². The van der Waals surface area contributed by atoms with Crippen molar-refractivity contribution in [3.05, 3.63) is 24.0 Å². The molecule has 1 unspecified atom stereocenters. The summed E-state index contributed by atoms with van der Waals surface area (Å²) in [7, 11) is -4.47. The monoisotopic (exact) mass is 293 g/mol. The Morgan fingerprint density at radius 3 is 2.56 bits per heavy atom. The Hall–Kier alpha value is -0.950. The standard InChI is InChI=1S/C11H16FNO3S2/c1-2-18(15,16)5-3-4-17(14)11-7-9(12)6-10(13)8-11/h6-8H,2-5,13H2,1H3. The number of benzene rings is 1. The maximum atomic E-state index is 13.0. The molecular formula is C11H16FNO3S2. The summed E-state index contributed by atoms with van der Waals surface area (Å²) in [5.41, 5.74) is 5.65. The van der Waals surface area contributed by atoms with Gasteiger partial charge in [0, 0.05) is 22.1 Å². The predicted octanol–water partition coefficient (Wildman–Crippen LogP) is 1.34. The second-order valence-corrected chi connectivity index (χ2v) is 7.90. The first-order valence-corrected chi connectivity index (χ1v) is 8.63. The first-order chi connectivity index (χ1) is 8.34. The van der Waals surface area contributed by atoms with Crippen LogP contribution in [0.3, 0.4) is 0 Å². The second-order valence-electron chi connectivity index (χ2n) is 3.86. The SMILES string of the molecule is CCS(=O)(=O)CCCS(=O)c1cc(N)cc(F)c1. The second kappa shape index (κ2) is 6.29. The molecule has 2 N–H and O–H groups in total. The topological polar surface area (TPSA) is 77.2 Å². The molecule has 0 radical (unpaired) electrons. The molecule has 0 aliphatic rings. The van der Waals surface area contributed by atoms with E-state index in [9.17, 15) is 17.0 Å². The van der Waals surface area contributed by atoms with Crippen LogP contribution in [0, 0.1) is 5.82 Å². The van der Waals surface area contributed by atoms with Gasteiger partial charge >= 0.3 is 0 Å². The van der Waals surface area contributed by atoms with Gasteiger partial charge in [-0.15, -0.1) is 0 Å². The van der Waals surface area contributed by atoms with E-state index in [-0.39, 0.29) is 22.9 Å². The van der Waals surface area contributed by atoms with Gasteiger partial charge in [-0.1, -0.05) is 6.92 Å². The van der Waals surface area contributed by atoms with Gasteiger partial charge in [0.05, 0.1) is 16.6 Å². The fourth-order valence-electron chi connectivity index (χ4n) is 1.39. The maximum Gasteiger partial charge on any atom is 0.150 e. The van der Waals surface area contributed by atoms with Crippen molar-refractivity contribution >= 4 is 26.3 Å². The van der Waals surface area contributed by atoms with Crippen LogP contribution in [0.4, 0.5) is 10.1 Å². The van der Waals surface area contributed by atoms with Crippen molar-refractivity contribution < 1.29 is 17.0 Å². The number of hydrogen-bond acceptors (Lipinski definition) is 4. The van der Waals surface area contributed by atoms with Crippen molar-refractivity contribution in [2.75, 3.05) is 23.0 Å². The normalized spacial score (nSPS) is 13.4. The average molecular weight is 293 g/mol. The van der Waals surface area contributed by atoms with Gasteiger partial charge < -0.3 is 5.73 Å². The van der Waals surface area contributed by atoms with Gasteiger partial charge in [0.1, 0.15) is 15.7 Å². The summed E-state index contributed by atoms with van der Waals surface area (Å²) in [6, 6.07) is 3.73. The molecule has 1 aromatic carbocycles. The van der Waals surface area contributed by atoms with Gasteiger partial charge in [-0.25, -0.2) is 12.8 Å². The highest BCUT2D eigenvalue weighted by Gasteiger charge is 2.10. The lowest BCUT2D eigenvalue weighted by atomic mass is 10.3. The highest BCUT2D eigenvalue weighted by Crippen LogP contribution is 2.15. The number of sulfone groups is 1. The maximum absolute atomic E-state index is 13.0. The molecule has 0 bridgehead atoms. The van der Waals surface area contributed by atoms with Crippen molar-refractivity contribution in [2.45, 2.75) is 18.2 Å². The number of anilines is 1. The average Bonchev–Trinajstić information content (AvgIpc) is 2.27. The van der Waals surface area contributed by atoms with Crippen molar-refractivity contribution in [3.8, 4) is 0 Å². The highest BCUT2D eigenvalue weighted by molar-refractivity contribution is 7.91. The number of nitrogen functional groups attached to an aromatic ring is 1. The van der Waals surface area contributed by atoms with E-state index in [0.29, 0.717) is 11.3 Å². The molecular weight excluding hydrogens is 277 g/mol. The summed E-state index contributed by atoms with van der Waals surface area (Å²) in [6.45, 7) is 1.57. The van der Waals surface area contributed by atoms with Crippen molar-refractivity contribution in [3.63, 3.8) is 0 Å². The molecule has 1 atom stereocenters. The van der Waals surface area contributed by atoms with E-state index in [1.807, 2.05) is 0 Å². The molecule has 18 heavy (non-hydrogen) atoms. The Labute approximate surface area is 109 Å². The first kappa shape index (κ1) is 15.1. The number of hydrogen-bond donors (Lipinski definition) is 1. The van der Waals surface area contributed by atoms with E-state index in [2.05, 4.69) is 0 Å². The van der Waals surface area contributed by atoms with Gasteiger partial charge in [-0.05, 0) is 24.6 Å². The van der Waals surface area contributed by atoms with Crippen LogP contribution < -0.4 is 5.73 Å². The molecule has 0 saturated carbocycles. The Morgan fingerprint density at radius 1 is 1.33 bits per heavy atom. The van der Waals surface area contributed by atoms with E-state index in [4.69, 9.17) is 5.73 Å². The quantitative estimate of drug-likeness (QED) is 0.803. The Balaban J connectivity index is 2.61. The summed E-state index contributed by atoms with van der Waals surface area (Å²) in [5.74, 6) is -0.283. The third kappa shape index (κ3) is 4.73. The molecule has 4 nitrogen and oxygen atoms in total. The van der Waals surface area contributed by atoms with E-state index in [0.717, 1.165) is 12.1 Å². The van der Waals surface area contributed by atoms with Crippen LogP contribution in [0.2, 0.25) is 0 Å². The predicted molar refractivity (Wildman–Crippen MR) is 71.0 cm³/mol. The molecule has 0 aromatic heterocycles. The fourth-order valence-corrected chi connectivity index (χ4v) is 3.60. The minimum absolute atomic E-state index is 0.0000376. The smallest absolute Gasteiger partial charge is 0.150 e. The Kier molecular flexibility index (Phi) is 5.28. The molecule has 0 amide bonds. The molecule has 0 spiro atoms. The largest absolute Gasteiger partial charge is 0.399 e. The molecule has 0 aliphatic heterocycles. The zero-order chi connectivity index (χ0) is 13.8. The molecule has 0 aliphatic carbocycles. The van der Waals surface area contributed by atoms with Gasteiger partial charge in [-0.2, -0.15) is 0 Å². The van der Waals surface area contributed by atoms with Crippen LogP contribution in [0.5, 0.6) is 0 Å². The highest BCUT2D eigenvalue weighted by atomic mass is 32.2. The van der Waals surface area contributed by atoms with Gasteiger partial charge in [0.25, 0.3) is 0 Å². The summed E-state index contributed by atoms with van der Waals surface area (Å²) < 4.78 is 47.4. The molecule has 0 fully saturated rings. The third-order valence-corrected chi connectivity index (χ3v) is 5.59. The number of halogens is 1. The summed E-state index contributed by atoms with van der Waals surface area (Å²) >= 11 is 0. The van der Waals surface area contributed by atoms with Crippen LogP contribution in [0.25, 0.3) is 0 Å². The molecule has 0 heterocycles. The van der Waals surface area contributed by atoms with Gasteiger partial charge in [-0.3, -0.25) is 4.21 Å². The fraction of sp³-hybridized carbons (Fsp3) is 0.455. The van der Waals surface area contributed by atoms with E-state index in [1.54, 1.807) is 6.92 Å². The molecule has 102 valence electrons. The Bertz CT molecular complexity index is 523. The van der Waals surface area contributed by atoms with Crippen molar-refractivity contribution in [1.29, 1.82) is 0 Å². The minimum atomic E-state index is -3.05. The van der Waals surface area contributed by atoms with E-state index >= 15 is 0 Å². The lowest BCUT2D eigenvalue weighted by Gasteiger charge is -2.04. The summed E-state index contributed by atoms with van der Waals surface area (Å²) in [5, 5.41) is 0. The molecule has 1 rings (SSSR count). The zero-order valence-corrected chi connectivity index (χ0v) is 11.7. The van der Waals surface area contributed by atoms with Crippen LogP contribution in [-0.4, -0.2) is 29.9 Å². The summed E-state index contributed by atoms with van der Waals surface area (Å²) in [4.78, 5) is 0.293. The summed E-state index contributed by atoms with van der Waals surface area (Å²) in [6.07, 6.45) is 0.291. The number of nitrogens with two attached hydrogens (primary N) is 1. The number of rotatable bonds is 6. The van der Waals surface area contributed by atoms with E-state index in [1.165, 1.54) is 6.07 Å². The Morgan fingerprint density at radius 2 is 2.00 bits per heavy atom. The lowest BCUT2D eigenvalue weighted by molar-refractivity contribution is 0.596. The zero-order valence-electron chi connectivity index (χ0n) is 10.1. The van der Waals surface area contributed by atoms with Gasteiger partial charge in [0.15, 0.2) is 0 Å². The van der Waals surface area contributed by atoms with E-state index < -0.39 is 26.5 Å². The van der Waals surface area contributed by atoms with Crippen LogP contribution in [0.1, 0.15) is 13.3 Å². The lowest BCUT2D eigenvalue weighted by Crippen LogP contribution is -2.11. The van der Waals surface area contributed by atoms with Crippen LogP contribution in [-0.2, 0) is 20.6 Å². The van der Waals surface area contributed by atoms with Gasteiger partial charge in [0.2, 0.25) is 0 Å². The third-order valence-electron chi connectivity index (χ3n) is 2.38.